The van der Waals surface area contributed by atoms with E-state index < -0.39 is 5.41 Å². The topological polar surface area (TPSA) is 111 Å². The van der Waals surface area contributed by atoms with Gasteiger partial charge in [-0.3, -0.25) is 9.89 Å². The van der Waals surface area contributed by atoms with Crippen LogP contribution in [0, 0.1) is 16.7 Å². The molecule has 3 heterocycles. The molecule has 1 fully saturated rings. The molecule has 8 nitrogen and oxygen atoms in total. The smallest absolute Gasteiger partial charge is 0.230 e. The van der Waals surface area contributed by atoms with Gasteiger partial charge in [0.15, 0.2) is 11.5 Å². The number of rotatable bonds is 5. The molecule has 1 aliphatic carbocycles. The molecule has 0 saturated carbocycles. The Balaban J connectivity index is 1.35. The van der Waals surface area contributed by atoms with Crippen molar-refractivity contribution in [2.45, 2.75) is 31.7 Å². The third-order valence-corrected chi connectivity index (χ3v) is 6.29. The first-order valence-corrected chi connectivity index (χ1v) is 10.5. The number of nitriles is 1. The van der Waals surface area contributed by atoms with Gasteiger partial charge in [-0.05, 0) is 30.4 Å². The highest BCUT2D eigenvalue weighted by Gasteiger charge is 2.50. The average molecular weight is 413 g/mol. The van der Waals surface area contributed by atoms with Gasteiger partial charge in [-0.25, -0.2) is 9.97 Å². The van der Waals surface area contributed by atoms with Crippen LogP contribution in [0.4, 0.5) is 5.82 Å². The summed E-state index contributed by atoms with van der Waals surface area (Å²) in [5.74, 6) is 0.601. The fourth-order valence-electron chi connectivity index (χ4n) is 4.67. The molecule has 3 aromatic rings. The van der Waals surface area contributed by atoms with Crippen molar-refractivity contribution in [1.29, 1.82) is 5.26 Å². The lowest BCUT2D eigenvalue weighted by atomic mass is 9.73. The lowest BCUT2D eigenvalue weighted by molar-refractivity contribution is -0.133. The molecule has 1 aromatic carbocycles. The van der Waals surface area contributed by atoms with Gasteiger partial charge in [0.05, 0.1) is 11.6 Å². The minimum absolute atomic E-state index is 0.0583. The zero-order valence-corrected chi connectivity index (χ0v) is 17.1. The Kier molecular flexibility index (Phi) is 4.86. The largest absolute Gasteiger partial charge is 0.352 e. The van der Waals surface area contributed by atoms with Crippen molar-refractivity contribution in [3.8, 4) is 6.07 Å². The molecular weight excluding hydrogens is 390 g/mol. The quantitative estimate of drug-likeness (QED) is 0.660. The number of carbonyl (C=O) groups excluding carboxylic acids is 1. The maximum Gasteiger partial charge on any atom is 0.230 e. The summed E-state index contributed by atoms with van der Waals surface area (Å²) in [5, 5.41) is 19.9. The van der Waals surface area contributed by atoms with Crippen LogP contribution in [0.15, 0.2) is 48.9 Å². The predicted octanol–water partition coefficient (Wildman–Crippen LogP) is 1.79. The van der Waals surface area contributed by atoms with Crippen LogP contribution in [0.1, 0.15) is 28.9 Å². The number of aryl methyl sites for hydroxylation is 1. The zero-order chi connectivity index (χ0) is 21.3. The first kappa shape index (κ1) is 19.2. The standard InChI is InChI=1S/C23H23N7O/c24-12-20-21(26-9-8-25-20)30-14-23(15-30,11-16-4-2-1-3-5-16)22(31)28-18-7-6-17-13-27-29-19(17)10-18/h1-5,8-9,13,18H,6-7,10-11,14-15H2,(H,27,29)(H,28,31). The molecule has 8 heteroatoms. The molecule has 0 bridgehead atoms. The third kappa shape index (κ3) is 3.63. The number of fused-ring (bicyclic) bond motifs is 1. The van der Waals surface area contributed by atoms with Gasteiger partial charge >= 0.3 is 0 Å². The second kappa shape index (κ2) is 7.84. The van der Waals surface area contributed by atoms with E-state index >= 15 is 0 Å². The van der Waals surface area contributed by atoms with E-state index in [9.17, 15) is 10.1 Å². The summed E-state index contributed by atoms with van der Waals surface area (Å²) >= 11 is 0. The van der Waals surface area contributed by atoms with Gasteiger partial charge in [0.25, 0.3) is 0 Å². The summed E-state index contributed by atoms with van der Waals surface area (Å²) in [5.41, 5.74) is 3.19. The highest BCUT2D eigenvalue weighted by atomic mass is 16.2. The monoisotopic (exact) mass is 413 g/mol. The van der Waals surface area contributed by atoms with Crippen LogP contribution in [0.3, 0.4) is 0 Å². The number of benzene rings is 1. The molecule has 5 rings (SSSR count). The highest BCUT2D eigenvalue weighted by Crippen LogP contribution is 2.38. The van der Waals surface area contributed by atoms with E-state index in [1.54, 1.807) is 6.20 Å². The number of hydrogen-bond acceptors (Lipinski definition) is 6. The van der Waals surface area contributed by atoms with Crippen molar-refractivity contribution in [3.63, 3.8) is 0 Å². The molecule has 31 heavy (non-hydrogen) atoms. The highest BCUT2D eigenvalue weighted by molar-refractivity contribution is 5.87. The van der Waals surface area contributed by atoms with Crippen LogP contribution >= 0.6 is 0 Å². The molecule has 156 valence electrons. The minimum atomic E-state index is -0.570. The summed E-state index contributed by atoms with van der Waals surface area (Å²) < 4.78 is 0. The lowest BCUT2D eigenvalue weighted by Gasteiger charge is -2.50. The van der Waals surface area contributed by atoms with Crippen LogP contribution in [0.5, 0.6) is 0 Å². The molecule has 1 aliphatic heterocycles. The summed E-state index contributed by atoms with van der Waals surface area (Å²) in [6.07, 6.45) is 8.21. The lowest BCUT2D eigenvalue weighted by Crippen LogP contribution is -2.66. The minimum Gasteiger partial charge on any atom is -0.352 e. The summed E-state index contributed by atoms with van der Waals surface area (Å²) in [4.78, 5) is 24.0. The van der Waals surface area contributed by atoms with Gasteiger partial charge in [-0.2, -0.15) is 10.4 Å². The van der Waals surface area contributed by atoms with Gasteiger partial charge in [0.2, 0.25) is 5.91 Å². The third-order valence-electron chi connectivity index (χ3n) is 6.29. The summed E-state index contributed by atoms with van der Waals surface area (Å²) in [7, 11) is 0. The second-order valence-electron chi connectivity index (χ2n) is 8.43. The van der Waals surface area contributed by atoms with Crippen molar-refractivity contribution in [2.24, 2.45) is 5.41 Å². The predicted molar refractivity (Wildman–Crippen MR) is 114 cm³/mol. The number of nitrogens with zero attached hydrogens (tertiary/aromatic N) is 5. The normalized spacial score (nSPS) is 19.1. The Labute approximate surface area is 180 Å². The Morgan fingerprint density at radius 1 is 1.26 bits per heavy atom. The van der Waals surface area contributed by atoms with Gasteiger partial charge in [0, 0.05) is 43.6 Å². The van der Waals surface area contributed by atoms with Crippen LogP contribution in [-0.2, 0) is 24.1 Å². The molecule has 0 spiro atoms. The van der Waals surface area contributed by atoms with Crippen LogP contribution in [0.25, 0.3) is 0 Å². The Hall–Kier alpha value is -3.73. The first-order valence-electron chi connectivity index (χ1n) is 10.5. The van der Waals surface area contributed by atoms with Gasteiger partial charge in [-0.15, -0.1) is 0 Å². The molecule has 2 aliphatic rings. The number of H-pyrrole nitrogens is 1. The van der Waals surface area contributed by atoms with Crippen molar-refractivity contribution >= 4 is 11.7 Å². The Bertz CT molecular complexity index is 1130. The molecule has 2 aromatic heterocycles. The van der Waals surface area contributed by atoms with E-state index in [4.69, 9.17) is 0 Å². The average Bonchev–Trinajstić information content (AvgIpc) is 3.24. The maximum atomic E-state index is 13.5. The Morgan fingerprint density at radius 3 is 2.87 bits per heavy atom. The SMILES string of the molecule is N#Cc1nccnc1N1CC(Cc2ccccc2)(C(=O)NC2CCc3cn[nH]c3C2)C1. The summed E-state index contributed by atoms with van der Waals surface area (Å²) in [6, 6.07) is 12.3. The molecule has 1 amide bonds. The molecule has 1 atom stereocenters. The van der Waals surface area contributed by atoms with Crippen molar-refractivity contribution in [3.05, 3.63) is 71.4 Å². The number of carbonyl (C=O) groups is 1. The van der Waals surface area contributed by atoms with Crippen LogP contribution < -0.4 is 10.2 Å². The van der Waals surface area contributed by atoms with Crippen molar-refractivity contribution in [1.82, 2.24) is 25.5 Å². The fourth-order valence-corrected chi connectivity index (χ4v) is 4.67. The number of anilines is 1. The van der Waals surface area contributed by atoms with Crippen LogP contribution in [0.2, 0.25) is 0 Å². The van der Waals surface area contributed by atoms with E-state index in [1.165, 1.54) is 11.8 Å². The van der Waals surface area contributed by atoms with E-state index in [-0.39, 0.29) is 17.6 Å². The molecule has 1 saturated heterocycles. The number of nitrogens with one attached hydrogen (secondary N) is 2. The van der Waals surface area contributed by atoms with Crippen molar-refractivity contribution in [2.75, 3.05) is 18.0 Å². The summed E-state index contributed by atoms with van der Waals surface area (Å²) in [6.45, 7) is 1.01. The maximum absolute atomic E-state index is 13.5. The number of hydrogen-bond donors (Lipinski definition) is 2. The number of aromatic nitrogens is 4. The molecular formula is C23H23N7O. The first-order chi connectivity index (χ1) is 15.2. The number of amides is 1. The van der Waals surface area contributed by atoms with Gasteiger partial charge < -0.3 is 10.2 Å². The van der Waals surface area contributed by atoms with Crippen LogP contribution in [-0.4, -0.2) is 45.2 Å². The zero-order valence-electron chi connectivity index (χ0n) is 17.1. The second-order valence-corrected chi connectivity index (χ2v) is 8.43. The van der Waals surface area contributed by atoms with E-state index in [1.807, 2.05) is 29.3 Å². The fraction of sp³-hybridized carbons (Fsp3) is 0.348. The molecule has 1 unspecified atom stereocenters. The molecule has 0 radical (unpaired) electrons. The Morgan fingerprint density at radius 2 is 2.06 bits per heavy atom. The van der Waals surface area contributed by atoms with Crippen molar-refractivity contribution < 1.29 is 4.79 Å². The van der Waals surface area contributed by atoms with E-state index in [0.29, 0.717) is 25.3 Å². The van der Waals surface area contributed by atoms with E-state index in [2.05, 4.69) is 43.7 Å². The van der Waals surface area contributed by atoms with E-state index in [0.717, 1.165) is 30.5 Å². The number of aromatic amines is 1. The van der Waals surface area contributed by atoms with Gasteiger partial charge in [0.1, 0.15) is 6.07 Å². The van der Waals surface area contributed by atoms with Gasteiger partial charge in [-0.1, -0.05) is 30.3 Å². The molecule has 2 N–H and O–H groups in total.